The van der Waals surface area contributed by atoms with Crippen LogP contribution >= 0.6 is 0 Å². The molecule has 0 aliphatic carbocycles. The lowest BCUT2D eigenvalue weighted by Crippen LogP contribution is -2.33. The van der Waals surface area contributed by atoms with Gasteiger partial charge in [-0.05, 0) is 56.1 Å². The van der Waals surface area contributed by atoms with Gasteiger partial charge in [-0.3, -0.25) is 0 Å². The van der Waals surface area contributed by atoms with Crippen molar-refractivity contribution in [2.75, 3.05) is 19.6 Å². The van der Waals surface area contributed by atoms with Gasteiger partial charge in [-0.1, -0.05) is 6.07 Å². The molecule has 5 nitrogen and oxygen atoms in total. The molecular weight excluding hydrogens is 240 g/mol. The van der Waals surface area contributed by atoms with Crippen LogP contribution in [0.1, 0.15) is 18.4 Å². The summed E-state index contributed by atoms with van der Waals surface area (Å²) < 4.78 is 0. The second-order valence-corrected chi connectivity index (χ2v) is 5.28. The van der Waals surface area contributed by atoms with Gasteiger partial charge in [0.2, 0.25) is 0 Å². The van der Waals surface area contributed by atoms with E-state index in [0.29, 0.717) is 0 Å². The van der Waals surface area contributed by atoms with E-state index < -0.39 is 0 Å². The monoisotopic (exact) mass is 260 g/mol. The highest BCUT2D eigenvalue weighted by molar-refractivity contribution is 5.74. The van der Waals surface area contributed by atoms with E-state index in [9.17, 15) is 4.79 Å². The van der Waals surface area contributed by atoms with Crippen LogP contribution in [-0.4, -0.2) is 29.6 Å². The van der Waals surface area contributed by atoms with Crippen molar-refractivity contribution in [2.45, 2.75) is 19.4 Å². The minimum Gasteiger partial charge on any atom is -0.317 e. The molecule has 102 valence electrons. The molecule has 2 aromatic rings. The molecule has 4 N–H and O–H groups in total. The molecule has 0 unspecified atom stereocenters. The molecule has 0 radical (unpaired) electrons. The first-order valence-electron chi connectivity index (χ1n) is 6.93. The Morgan fingerprint density at radius 3 is 2.79 bits per heavy atom. The molecule has 1 saturated heterocycles. The summed E-state index contributed by atoms with van der Waals surface area (Å²) in [5.74, 6) is 0.789. The molecule has 0 saturated carbocycles. The van der Waals surface area contributed by atoms with E-state index in [4.69, 9.17) is 0 Å². The third-order valence-corrected chi connectivity index (χ3v) is 3.80. The van der Waals surface area contributed by atoms with Crippen LogP contribution in [0.3, 0.4) is 0 Å². The Balaban J connectivity index is 1.57. The predicted octanol–water partition coefficient (Wildman–Crippen LogP) is 0.945. The Morgan fingerprint density at radius 2 is 1.95 bits per heavy atom. The highest BCUT2D eigenvalue weighted by atomic mass is 16.1. The van der Waals surface area contributed by atoms with Gasteiger partial charge in [0, 0.05) is 6.54 Å². The molecule has 0 atom stereocenters. The summed E-state index contributed by atoms with van der Waals surface area (Å²) in [6, 6.07) is 6.04. The van der Waals surface area contributed by atoms with Gasteiger partial charge in [0.05, 0.1) is 11.0 Å². The van der Waals surface area contributed by atoms with Crippen molar-refractivity contribution in [1.82, 2.24) is 20.6 Å². The number of rotatable bonds is 4. The summed E-state index contributed by atoms with van der Waals surface area (Å²) in [6.45, 7) is 4.21. The number of H-pyrrole nitrogens is 2. The van der Waals surface area contributed by atoms with Gasteiger partial charge >= 0.3 is 5.69 Å². The standard InChI is InChI=1S/C14H20N4O/c19-14-17-12-2-1-11(7-13(12)18-14)9-16-8-10-3-5-15-6-4-10/h1-2,7,10,15-16H,3-6,8-9H2,(H2,17,18,19). The van der Waals surface area contributed by atoms with E-state index in [1.165, 1.54) is 18.4 Å². The maximum Gasteiger partial charge on any atom is 0.323 e. The zero-order valence-electron chi connectivity index (χ0n) is 11.0. The first-order valence-corrected chi connectivity index (χ1v) is 6.93. The van der Waals surface area contributed by atoms with Crippen LogP contribution in [0.4, 0.5) is 0 Å². The minimum absolute atomic E-state index is 0.144. The highest BCUT2D eigenvalue weighted by Crippen LogP contribution is 2.12. The third kappa shape index (κ3) is 3.05. The SMILES string of the molecule is O=c1[nH]c2ccc(CNCC3CCNCC3)cc2[nH]1. The summed E-state index contributed by atoms with van der Waals surface area (Å²) in [7, 11) is 0. The normalized spacial score (nSPS) is 17.1. The molecule has 19 heavy (non-hydrogen) atoms. The fourth-order valence-electron chi connectivity index (χ4n) is 2.70. The van der Waals surface area contributed by atoms with Gasteiger partial charge in [-0.25, -0.2) is 4.79 Å². The van der Waals surface area contributed by atoms with E-state index in [1.807, 2.05) is 12.1 Å². The van der Waals surface area contributed by atoms with E-state index >= 15 is 0 Å². The lowest BCUT2D eigenvalue weighted by Gasteiger charge is -2.22. The van der Waals surface area contributed by atoms with Crippen molar-refractivity contribution in [2.24, 2.45) is 5.92 Å². The molecule has 2 heterocycles. The third-order valence-electron chi connectivity index (χ3n) is 3.80. The van der Waals surface area contributed by atoms with E-state index in [1.54, 1.807) is 0 Å². The molecule has 1 aliphatic rings. The van der Waals surface area contributed by atoms with Crippen LogP contribution < -0.4 is 16.3 Å². The van der Waals surface area contributed by atoms with Crippen LogP contribution in [0.15, 0.2) is 23.0 Å². The Morgan fingerprint density at radius 1 is 1.16 bits per heavy atom. The molecule has 1 aromatic heterocycles. The van der Waals surface area contributed by atoms with Gasteiger partial charge in [-0.15, -0.1) is 0 Å². The maximum atomic E-state index is 11.2. The number of aromatic amines is 2. The second kappa shape index (κ2) is 5.59. The molecule has 0 bridgehead atoms. The second-order valence-electron chi connectivity index (χ2n) is 5.28. The van der Waals surface area contributed by atoms with Gasteiger partial charge in [-0.2, -0.15) is 0 Å². The lowest BCUT2D eigenvalue weighted by atomic mass is 9.98. The molecule has 0 amide bonds. The van der Waals surface area contributed by atoms with E-state index in [2.05, 4.69) is 26.7 Å². The molecule has 0 spiro atoms. The van der Waals surface area contributed by atoms with Crippen molar-refractivity contribution >= 4 is 11.0 Å². The number of hydrogen-bond donors (Lipinski definition) is 4. The molecule has 1 aliphatic heterocycles. The number of aromatic nitrogens is 2. The summed E-state index contributed by atoms with van der Waals surface area (Å²) in [6.07, 6.45) is 2.52. The Hall–Kier alpha value is -1.59. The maximum absolute atomic E-state index is 11.2. The average molecular weight is 260 g/mol. The zero-order chi connectivity index (χ0) is 13.1. The number of imidazole rings is 1. The molecule has 5 heteroatoms. The van der Waals surface area contributed by atoms with Crippen molar-refractivity contribution in [1.29, 1.82) is 0 Å². The van der Waals surface area contributed by atoms with Crippen LogP contribution in [-0.2, 0) is 6.54 Å². The number of benzene rings is 1. The van der Waals surface area contributed by atoms with Gasteiger partial charge in [0.1, 0.15) is 0 Å². The number of piperidine rings is 1. The zero-order valence-corrected chi connectivity index (χ0v) is 11.0. The quantitative estimate of drug-likeness (QED) is 0.661. The minimum atomic E-state index is -0.144. The fourth-order valence-corrected chi connectivity index (χ4v) is 2.70. The Labute approximate surface area is 111 Å². The smallest absolute Gasteiger partial charge is 0.317 e. The largest absolute Gasteiger partial charge is 0.323 e. The topological polar surface area (TPSA) is 72.7 Å². The van der Waals surface area contributed by atoms with Crippen LogP contribution in [0, 0.1) is 5.92 Å². The van der Waals surface area contributed by atoms with Gasteiger partial charge in [0.25, 0.3) is 0 Å². The number of nitrogens with one attached hydrogen (secondary N) is 4. The predicted molar refractivity (Wildman–Crippen MR) is 76.2 cm³/mol. The lowest BCUT2D eigenvalue weighted by molar-refractivity contribution is 0.356. The number of hydrogen-bond acceptors (Lipinski definition) is 3. The first kappa shape index (κ1) is 12.4. The van der Waals surface area contributed by atoms with Crippen molar-refractivity contribution in [3.8, 4) is 0 Å². The summed E-state index contributed by atoms with van der Waals surface area (Å²) >= 11 is 0. The molecule has 1 fully saturated rings. The molecule has 3 rings (SSSR count). The van der Waals surface area contributed by atoms with Crippen molar-refractivity contribution in [3.63, 3.8) is 0 Å². The Bertz CT molecular complexity index is 595. The molecule has 1 aromatic carbocycles. The van der Waals surface area contributed by atoms with Crippen molar-refractivity contribution < 1.29 is 0 Å². The molecular formula is C14H20N4O. The van der Waals surface area contributed by atoms with E-state index in [0.717, 1.165) is 43.1 Å². The average Bonchev–Trinajstić information content (AvgIpc) is 2.79. The fraction of sp³-hybridized carbons (Fsp3) is 0.500. The summed E-state index contributed by atoms with van der Waals surface area (Å²) in [5, 5.41) is 6.89. The number of fused-ring (bicyclic) bond motifs is 1. The van der Waals surface area contributed by atoms with Crippen molar-refractivity contribution in [3.05, 3.63) is 34.2 Å². The van der Waals surface area contributed by atoms with Gasteiger partial charge < -0.3 is 20.6 Å². The summed E-state index contributed by atoms with van der Waals surface area (Å²) in [5.41, 5.74) is 2.81. The Kier molecular flexibility index (Phi) is 3.66. The first-order chi connectivity index (χ1) is 9.31. The van der Waals surface area contributed by atoms with Crippen LogP contribution in [0.25, 0.3) is 11.0 Å². The van der Waals surface area contributed by atoms with Gasteiger partial charge in [0.15, 0.2) is 0 Å². The van der Waals surface area contributed by atoms with Crippen LogP contribution in [0.5, 0.6) is 0 Å². The van der Waals surface area contributed by atoms with E-state index in [-0.39, 0.29) is 5.69 Å². The van der Waals surface area contributed by atoms with Crippen LogP contribution in [0.2, 0.25) is 0 Å². The highest BCUT2D eigenvalue weighted by Gasteiger charge is 2.12. The summed E-state index contributed by atoms with van der Waals surface area (Å²) in [4.78, 5) is 16.7.